The molecule has 0 aliphatic rings. The summed E-state index contributed by atoms with van der Waals surface area (Å²) in [6, 6.07) is 11.2. The van der Waals surface area contributed by atoms with E-state index in [2.05, 4.69) is 55.2 Å². The van der Waals surface area contributed by atoms with Gasteiger partial charge in [-0.15, -0.1) is 10.2 Å². The number of rotatable bonds is 5. The van der Waals surface area contributed by atoms with E-state index in [-0.39, 0.29) is 11.3 Å². The van der Waals surface area contributed by atoms with Crippen LogP contribution in [0.3, 0.4) is 0 Å². The van der Waals surface area contributed by atoms with Crippen molar-refractivity contribution in [3.05, 3.63) is 63.2 Å². The molecule has 0 bridgehead atoms. The molecule has 0 aliphatic heterocycles. The average molecular weight is 384 g/mol. The lowest BCUT2D eigenvalue weighted by molar-refractivity contribution is -0.402. The highest BCUT2D eigenvalue weighted by Gasteiger charge is 2.15. The fourth-order valence-electron chi connectivity index (χ4n) is 2.48. The van der Waals surface area contributed by atoms with Crippen molar-refractivity contribution in [3.8, 4) is 11.4 Å². The Balaban J connectivity index is 1.73. The zero-order valence-electron chi connectivity index (χ0n) is 15.5. The Morgan fingerprint density at radius 3 is 2.44 bits per heavy atom. The molecule has 1 aromatic carbocycles. The van der Waals surface area contributed by atoms with Gasteiger partial charge in [-0.2, -0.15) is 0 Å². The third-order valence-electron chi connectivity index (χ3n) is 4.04. The molecule has 27 heavy (non-hydrogen) atoms. The first-order valence-electron chi connectivity index (χ1n) is 8.33. The van der Waals surface area contributed by atoms with Crippen LogP contribution in [0.25, 0.3) is 17.5 Å². The molecule has 140 valence electrons. The highest BCUT2D eigenvalue weighted by Crippen LogP contribution is 2.27. The van der Waals surface area contributed by atoms with E-state index in [0.29, 0.717) is 10.9 Å². The van der Waals surface area contributed by atoms with Crippen molar-refractivity contribution in [2.24, 2.45) is 7.05 Å². The van der Waals surface area contributed by atoms with Crippen molar-refractivity contribution in [2.75, 3.05) is 0 Å². The Labute approximate surface area is 161 Å². The van der Waals surface area contributed by atoms with Crippen LogP contribution >= 0.6 is 11.8 Å². The Kier molecular flexibility index (Phi) is 5.18. The number of hydrogen-bond donors (Lipinski definition) is 0. The Morgan fingerprint density at radius 1 is 1.15 bits per heavy atom. The van der Waals surface area contributed by atoms with Gasteiger partial charge in [0.2, 0.25) is 0 Å². The maximum atomic E-state index is 10.6. The minimum atomic E-state index is -0.565. The topological polar surface area (TPSA) is 87.0 Å². The average Bonchev–Trinajstić information content (AvgIpc) is 3.22. The van der Waals surface area contributed by atoms with Gasteiger partial charge in [-0.3, -0.25) is 10.1 Å². The largest absolute Gasteiger partial charge is 0.433 e. The molecule has 0 fully saturated rings. The lowest BCUT2D eigenvalue weighted by atomic mass is 9.87. The monoisotopic (exact) mass is 384 g/mol. The number of thioether (sulfide) groups is 1. The molecule has 8 heteroatoms. The summed E-state index contributed by atoms with van der Waals surface area (Å²) in [5.41, 5.74) is 2.36. The zero-order valence-corrected chi connectivity index (χ0v) is 16.4. The van der Waals surface area contributed by atoms with Crippen molar-refractivity contribution >= 4 is 23.7 Å². The molecule has 2 aromatic heterocycles. The van der Waals surface area contributed by atoms with Gasteiger partial charge in [0.15, 0.2) is 11.0 Å². The van der Waals surface area contributed by atoms with Crippen LogP contribution in [0.1, 0.15) is 32.1 Å². The van der Waals surface area contributed by atoms with E-state index in [1.54, 1.807) is 17.6 Å². The number of hydrogen-bond acceptors (Lipinski definition) is 6. The molecular formula is C19H20N4O3S. The Hall–Kier alpha value is -2.87. The van der Waals surface area contributed by atoms with Crippen molar-refractivity contribution in [2.45, 2.75) is 31.3 Å². The number of nitro groups is 1. The van der Waals surface area contributed by atoms with E-state index in [1.807, 2.05) is 11.6 Å². The molecule has 3 rings (SSSR count). The third kappa shape index (κ3) is 4.28. The lowest BCUT2D eigenvalue weighted by Gasteiger charge is -2.19. The molecule has 2 heterocycles. The predicted octanol–water partition coefficient (Wildman–Crippen LogP) is 5.04. The second kappa shape index (κ2) is 7.40. The third-order valence-corrected chi connectivity index (χ3v) is 4.88. The van der Waals surface area contributed by atoms with E-state index in [4.69, 9.17) is 4.42 Å². The normalized spacial score (nSPS) is 12.0. The van der Waals surface area contributed by atoms with Gasteiger partial charge >= 0.3 is 5.88 Å². The summed E-state index contributed by atoms with van der Waals surface area (Å²) >= 11 is 1.36. The summed E-state index contributed by atoms with van der Waals surface area (Å²) in [5, 5.41) is 21.6. The van der Waals surface area contributed by atoms with Crippen LogP contribution in [0, 0.1) is 10.1 Å². The molecule has 0 radical (unpaired) electrons. The van der Waals surface area contributed by atoms with Crippen LogP contribution in [0.2, 0.25) is 0 Å². The number of benzene rings is 1. The smallest absolute Gasteiger partial charge is 0.401 e. The molecule has 0 spiro atoms. The van der Waals surface area contributed by atoms with Gasteiger partial charge in [-0.05, 0) is 28.5 Å². The first kappa shape index (κ1) is 18.9. The Bertz CT molecular complexity index is 981. The van der Waals surface area contributed by atoms with Crippen LogP contribution in [0.4, 0.5) is 5.88 Å². The molecule has 0 aliphatic carbocycles. The van der Waals surface area contributed by atoms with E-state index < -0.39 is 4.92 Å². The number of nitrogens with zero attached hydrogens (tertiary/aromatic N) is 4. The summed E-state index contributed by atoms with van der Waals surface area (Å²) in [6.45, 7) is 6.54. The molecule has 0 N–H and O–H groups in total. The van der Waals surface area contributed by atoms with Crippen LogP contribution < -0.4 is 0 Å². The molecule has 0 unspecified atom stereocenters. The summed E-state index contributed by atoms with van der Waals surface area (Å²) in [4.78, 5) is 10.1. The number of aromatic nitrogens is 3. The van der Waals surface area contributed by atoms with Gasteiger partial charge in [0, 0.05) is 12.6 Å². The highest BCUT2D eigenvalue weighted by atomic mass is 32.2. The summed E-state index contributed by atoms with van der Waals surface area (Å²) < 4.78 is 6.99. The van der Waals surface area contributed by atoms with Crippen molar-refractivity contribution in [1.29, 1.82) is 0 Å². The maximum absolute atomic E-state index is 10.6. The van der Waals surface area contributed by atoms with Crippen LogP contribution in [0.15, 0.2) is 51.4 Å². The fraction of sp³-hybridized carbons (Fsp3) is 0.263. The summed E-state index contributed by atoms with van der Waals surface area (Å²) in [7, 11) is 1.90. The molecular weight excluding hydrogens is 364 g/mol. The van der Waals surface area contributed by atoms with E-state index in [0.717, 1.165) is 11.4 Å². The molecule has 0 saturated carbocycles. The molecule has 0 atom stereocenters. The second-order valence-corrected chi connectivity index (χ2v) is 7.92. The standard InChI is InChI=1S/C19H20N4O3S/c1-19(2,3)14-7-5-13(6-8-14)17-20-21-18(22(17)4)27-12-11-15-9-10-16(26-15)23(24)25/h5-12H,1-4H3/b12-11+. The fourth-order valence-corrected chi connectivity index (χ4v) is 3.14. The first-order chi connectivity index (χ1) is 12.8. The van der Waals surface area contributed by atoms with E-state index >= 15 is 0 Å². The molecule has 7 nitrogen and oxygen atoms in total. The van der Waals surface area contributed by atoms with Gasteiger partial charge in [-0.25, -0.2) is 0 Å². The van der Waals surface area contributed by atoms with Gasteiger partial charge in [0.25, 0.3) is 0 Å². The van der Waals surface area contributed by atoms with Crippen molar-refractivity contribution in [3.63, 3.8) is 0 Å². The molecule has 0 amide bonds. The van der Waals surface area contributed by atoms with Crippen LogP contribution in [-0.2, 0) is 12.5 Å². The molecule has 3 aromatic rings. The summed E-state index contributed by atoms with van der Waals surface area (Å²) in [6.07, 6.45) is 1.66. The van der Waals surface area contributed by atoms with Gasteiger partial charge < -0.3 is 8.98 Å². The van der Waals surface area contributed by atoms with Crippen LogP contribution in [-0.4, -0.2) is 19.7 Å². The first-order valence-corrected chi connectivity index (χ1v) is 9.21. The van der Waals surface area contributed by atoms with E-state index in [1.165, 1.54) is 23.4 Å². The predicted molar refractivity (Wildman–Crippen MR) is 105 cm³/mol. The van der Waals surface area contributed by atoms with E-state index in [9.17, 15) is 10.1 Å². The highest BCUT2D eigenvalue weighted by molar-refractivity contribution is 8.02. The minimum absolute atomic E-state index is 0.102. The van der Waals surface area contributed by atoms with Crippen molar-refractivity contribution < 1.29 is 9.34 Å². The maximum Gasteiger partial charge on any atom is 0.433 e. The van der Waals surface area contributed by atoms with Gasteiger partial charge in [-0.1, -0.05) is 56.8 Å². The van der Waals surface area contributed by atoms with Crippen LogP contribution in [0.5, 0.6) is 0 Å². The number of furan rings is 1. The van der Waals surface area contributed by atoms with Gasteiger partial charge in [0.1, 0.15) is 10.7 Å². The van der Waals surface area contributed by atoms with Gasteiger partial charge in [0.05, 0.1) is 6.07 Å². The second-order valence-electron chi connectivity index (χ2n) is 7.05. The quantitative estimate of drug-likeness (QED) is 0.348. The Morgan fingerprint density at radius 2 is 1.85 bits per heavy atom. The zero-order chi connectivity index (χ0) is 19.6. The molecule has 0 saturated heterocycles. The minimum Gasteiger partial charge on any atom is -0.401 e. The van der Waals surface area contributed by atoms with Crippen molar-refractivity contribution in [1.82, 2.24) is 14.8 Å². The lowest BCUT2D eigenvalue weighted by Crippen LogP contribution is -2.10. The summed E-state index contributed by atoms with van der Waals surface area (Å²) in [5.74, 6) is 0.911. The SMILES string of the molecule is Cn1c(S/C=C/c2ccc([N+](=O)[O-])o2)nnc1-c1ccc(C(C)(C)C)cc1.